The molecule has 1 saturated carbocycles. The number of imide groups is 2. The van der Waals surface area contributed by atoms with Crippen molar-refractivity contribution in [2.45, 2.75) is 55.4 Å². The second-order valence-corrected chi connectivity index (χ2v) is 9.89. The molecule has 8 heteroatoms. The van der Waals surface area contributed by atoms with Gasteiger partial charge < -0.3 is 0 Å². The summed E-state index contributed by atoms with van der Waals surface area (Å²) in [6.07, 6.45) is 0. The first-order chi connectivity index (χ1) is 15.9. The lowest BCUT2D eigenvalue weighted by atomic mass is 9.59. The van der Waals surface area contributed by atoms with Crippen LogP contribution in [0.3, 0.4) is 0 Å². The van der Waals surface area contributed by atoms with Crippen LogP contribution in [0, 0.1) is 79.1 Å². The Morgan fingerprint density at radius 3 is 0.853 bits per heavy atom. The van der Waals surface area contributed by atoms with Crippen LogP contribution in [0.15, 0.2) is 0 Å². The maximum atomic E-state index is 13.6. The van der Waals surface area contributed by atoms with Crippen molar-refractivity contribution >= 4 is 35.0 Å². The molecule has 3 fully saturated rings. The van der Waals surface area contributed by atoms with Crippen LogP contribution < -0.4 is 9.80 Å². The standard InChI is InChI=1S/C26H28N4O4/c1-9-13(5)27-14(6)10(2)21(9)29-23(31)17-18(24(29)32)20-19(17)25(33)30(26(20)34)22-11(3)15(7)28-16(8)12(22)4/h17-20H,1-8H3. The second-order valence-electron chi connectivity index (χ2n) is 9.89. The molecule has 0 aromatic carbocycles. The number of carbonyl (C=O) groups excluding carboxylic acids is 4. The Bertz CT molecular complexity index is 1160. The zero-order valence-corrected chi connectivity index (χ0v) is 20.7. The summed E-state index contributed by atoms with van der Waals surface area (Å²) in [4.78, 5) is 65.7. The smallest absolute Gasteiger partial charge is 0.238 e. The van der Waals surface area contributed by atoms with E-state index in [1.54, 1.807) is 0 Å². The lowest BCUT2D eigenvalue weighted by molar-refractivity contribution is -0.146. The number of pyridine rings is 2. The number of aromatic nitrogens is 2. The van der Waals surface area contributed by atoms with Crippen molar-refractivity contribution < 1.29 is 19.2 Å². The Labute approximate surface area is 198 Å². The van der Waals surface area contributed by atoms with Crippen molar-refractivity contribution in [3.8, 4) is 0 Å². The highest BCUT2D eigenvalue weighted by molar-refractivity contribution is 6.32. The summed E-state index contributed by atoms with van der Waals surface area (Å²) in [5.74, 6) is -4.83. The molecule has 1 aliphatic carbocycles. The molecule has 2 saturated heterocycles. The van der Waals surface area contributed by atoms with Gasteiger partial charge in [0.25, 0.3) is 0 Å². The third-order valence-corrected chi connectivity index (χ3v) is 8.28. The van der Waals surface area contributed by atoms with Crippen molar-refractivity contribution in [2.24, 2.45) is 23.7 Å². The quantitative estimate of drug-likeness (QED) is 0.639. The van der Waals surface area contributed by atoms with Crippen LogP contribution in [0.4, 0.5) is 11.4 Å². The molecule has 2 aliphatic heterocycles. The van der Waals surface area contributed by atoms with Gasteiger partial charge in [-0.15, -0.1) is 0 Å². The number of carbonyl (C=O) groups is 4. The van der Waals surface area contributed by atoms with Crippen molar-refractivity contribution in [3.05, 3.63) is 45.0 Å². The summed E-state index contributed by atoms with van der Waals surface area (Å²) >= 11 is 0. The predicted octanol–water partition coefficient (Wildman–Crippen LogP) is 2.87. The molecular formula is C26H28N4O4. The minimum absolute atomic E-state index is 0.397. The number of hydrogen-bond acceptors (Lipinski definition) is 6. The minimum Gasteiger partial charge on any atom is -0.274 e. The molecule has 0 N–H and O–H groups in total. The molecule has 4 amide bonds. The van der Waals surface area contributed by atoms with E-state index < -0.39 is 47.3 Å². The van der Waals surface area contributed by atoms with Crippen LogP contribution in [-0.4, -0.2) is 33.6 Å². The normalized spacial score (nSPS) is 25.8. The van der Waals surface area contributed by atoms with Gasteiger partial charge in [-0.1, -0.05) is 0 Å². The molecule has 3 aliphatic rings. The summed E-state index contributed by atoms with van der Waals surface area (Å²) in [5.41, 5.74) is 7.06. The molecule has 0 bridgehead atoms. The van der Waals surface area contributed by atoms with E-state index in [4.69, 9.17) is 0 Å². The monoisotopic (exact) mass is 460 g/mol. The predicted molar refractivity (Wildman–Crippen MR) is 125 cm³/mol. The Morgan fingerprint density at radius 2 is 0.647 bits per heavy atom. The number of anilines is 2. The van der Waals surface area contributed by atoms with E-state index in [1.165, 1.54) is 9.80 Å². The molecule has 5 rings (SSSR count). The van der Waals surface area contributed by atoms with Gasteiger partial charge in [0.05, 0.1) is 35.0 Å². The maximum absolute atomic E-state index is 13.6. The number of fused-ring (bicyclic) bond motifs is 4. The van der Waals surface area contributed by atoms with Crippen molar-refractivity contribution in [1.82, 2.24) is 9.97 Å². The first-order valence-electron chi connectivity index (χ1n) is 11.5. The topological polar surface area (TPSA) is 101 Å². The summed E-state index contributed by atoms with van der Waals surface area (Å²) in [7, 11) is 0. The Morgan fingerprint density at radius 1 is 0.441 bits per heavy atom. The van der Waals surface area contributed by atoms with E-state index >= 15 is 0 Å². The fourth-order valence-corrected chi connectivity index (χ4v) is 5.99. The zero-order valence-electron chi connectivity index (χ0n) is 20.7. The largest absolute Gasteiger partial charge is 0.274 e. The van der Waals surface area contributed by atoms with Gasteiger partial charge >= 0.3 is 0 Å². The molecule has 0 spiro atoms. The van der Waals surface area contributed by atoms with Gasteiger partial charge in [0.2, 0.25) is 23.6 Å². The van der Waals surface area contributed by atoms with Gasteiger partial charge in [0.15, 0.2) is 0 Å². The summed E-state index contributed by atoms with van der Waals surface area (Å²) in [6, 6.07) is 0. The minimum atomic E-state index is -0.809. The summed E-state index contributed by atoms with van der Waals surface area (Å²) in [5, 5.41) is 0. The third-order valence-electron chi connectivity index (χ3n) is 8.28. The molecule has 4 heterocycles. The second kappa shape index (κ2) is 7.04. The zero-order chi connectivity index (χ0) is 25.0. The van der Waals surface area contributed by atoms with E-state index in [0.29, 0.717) is 11.4 Å². The molecule has 2 aromatic rings. The third kappa shape index (κ3) is 2.54. The van der Waals surface area contributed by atoms with Gasteiger partial charge in [0, 0.05) is 22.8 Å². The van der Waals surface area contributed by atoms with Crippen molar-refractivity contribution in [3.63, 3.8) is 0 Å². The molecule has 0 radical (unpaired) electrons. The van der Waals surface area contributed by atoms with Gasteiger partial charge in [0.1, 0.15) is 0 Å². The maximum Gasteiger partial charge on any atom is 0.238 e. The Hall–Kier alpha value is -3.42. The molecule has 0 atom stereocenters. The van der Waals surface area contributed by atoms with Gasteiger partial charge in [-0.3, -0.25) is 29.1 Å². The molecule has 176 valence electrons. The highest BCUT2D eigenvalue weighted by Crippen LogP contribution is 2.58. The van der Waals surface area contributed by atoms with E-state index in [2.05, 4.69) is 9.97 Å². The van der Waals surface area contributed by atoms with Gasteiger partial charge in [-0.25, -0.2) is 9.80 Å². The molecular weight excluding hydrogens is 432 g/mol. The average molecular weight is 461 g/mol. The number of nitrogens with zero attached hydrogens (tertiary/aromatic N) is 4. The summed E-state index contributed by atoms with van der Waals surface area (Å²) < 4.78 is 0. The first kappa shape index (κ1) is 22.4. The van der Waals surface area contributed by atoms with Crippen LogP contribution in [0.2, 0.25) is 0 Å². The van der Waals surface area contributed by atoms with E-state index in [1.807, 2.05) is 55.4 Å². The number of rotatable bonds is 2. The number of amides is 4. The lowest BCUT2D eigenvalue weighted by Crippen LogP contribution is -2.50. The van der Waals surface area contributed by atoms with Gasteiger partial charge in [-0.2, -0.15) is 0 Å². The van der Waals surface area contributed by atoms with Crippen molar-refractivity contribution in [1.29, 1.82) is 0 Å². The fraction of sp³-hybridized carbons (Fsp3) is 0.462. The number of aryl methyl sites for hydroxylation is 4. The SMILES string of the molecule is Cc1nc(C)c(C)c(N2C(=O)C3C(C2=O)C2C(=O)N(c4c(C)c(C)nc(C)c4C)C(=O)C32)c1C. The van der Waals surface area contributed by atoms with Crippen LogP contribution >= 0.6 is 0 Å². The van der Waals surface area contributed by atoms with Crippen LogP contribution in [-0.2, 0) is 19.2 Å². The van der Waals surface area contributed by atoms with Crippen LogP contribution in [0.1, 0.15) is 45.0 Å². The first-order valence-corrected chi connectivity index (χ1v) is 11.5. The van der Waals surface area contributed by atoms with E-state index in [0.717, 1.165) is 45.0 Å². The van der Waals surface area contributed by atoms with Crippen molar-refractivity contribution in [2.75, 3.05) is 9.80 Å². The fourth-order valence-electron chi connectivity index (χ4n) is 5.99. The lowest BCUT2D eigenvalue weighted by Gasteiger charge is -2.36. The highest BCUT2D eigenvalue weighted by atomic mass is 16.2. The molecule has 8 nitrogen and oxygen atoms in total. The summed E-state index contributed by atoms with van der Waals surface area (Å²) in [6.45, 7) is 14.7. The molecule has 0 unspecified atom stereocenters. The van der Waals surface area contributed by atoms with Crippen LogP contribution in [0.25, 0.3) is 0 Å². The van der Waals surface area contributed by atoms with E-state index in [-0.39, 0.29) is 0 Å². The Kier molecular flexibility index (Phi) is 4.63. The van der Waals surface area contributed by atoms with Gasteiger partial charge in [-0.05, 0) is 77.6 Å². The van der Waals surface area contributed by atoms with Crippen LogP contribution in [0.5, 0.6) is 0 Å². The van der Waals surface area contributed by atoms with E-state index in [9.17, 15) is 19.2 Å². The highest BCUT2D eigenvalue weighted by Gasteiger charge is 2.74. The molecule has 2 aromatic heterocycles. The molecule has 34 heavy (non-hydrogen) atoms. The Balaban J connectivity index is 1.57. The number of hydrogen-bond donors (Lipinski definition) is 0. The average Bonchev–Trinajstić information content (AvgIpc) is 3.06.